The van der Waals surface area contributed by atoms with Crippen molar-refractivity contribution in [2.45, 2.75) is 20.5 Å². The van der Waals surface area contributed by atoms with E-state index in [1.807, 2.05) is 13.8 Å². The number of aryl methyl sites for hydroxylation is 2. The van der Waals surface area contributed by atoms with Gasteiger partial charge in [-0.2, -0.15) is 0 Å². The van der Waals surface area contributed by atoms with Crippen molar-refractivity contribution in [3.63, 3.8) is 0 Å². The molecule has 0 aliphatic heterocycles. The van der Waals surface area contributed by atoms with Crippen molar-refractivity contribution in [1.82, 2.24) is 0 Å². The van der Waals surface area contributed by atoms with Crippen LogP contribution in [0, 0.1) is 13.8 Å². The van der Waals surface area contributed by atoms with Crippen LogP contribution in [-0.2, 0) is 11.3 Å². The number of esters is 1. The van der Waals surface area contributed by atoms with E-state index < -0.39 is 5.97 Å². The predicted molar refractivity (Wildman–Crippen MR) is 84.6 cm³/mol. The third-order valence-electron chi connectivity index (χ3n) is 3.27. The van der Waals surface area contributed by atoms with Gasteiger partial charge in [-0.25, -0.2) is 4.79 Å². The average Bonchev–Trinajstić information content (AvgIpc) is 2.51. The third-order valence-corrected chi connectivity index (χ3v) is 3.27. The number of methoxy groups -OCH3 is 2. The van der Waals surface area contributed by atoms with Gasteiger partial charge in [-0.1, -0.05) is 29.3 Å². The molecule has 0 aliphatic carbocycles. The van der Waals surface area contributed by atoms with Crippen molar-refractivity contribution >= 4 is 5.97 Å². The molecule has 0 spiro atoms. The van der Waals surface area contributed by atoms with Gasteiger partial charge in [-0.15, -0.1) is 0 Å². The molecule has 0 saturated carbocycles. The van der Waals surface area contributed by atoms with Crippen molar-refractivity contribution in [1.29, 1.82) is 0 Å². The summed E-state index contributed by atoms with van der Waals surface area (Å²) in [4.78, 5) is 11.8. The van der Waals surface area contributed by atoms with E-state index >= 15 is 0 Å². The van der Waals surface area contributed by atoms with E-state index in [-0.39, 0.29) is 0 Å². The van der Waals surface area contributed by atoms with E-state index in [9.17, 15) is 4.79 Å². The SMILES string of the molecule is COC(=O)c1ccc(OC)cc1OCc1cc(C)cc(C)c1. The molecule has 22 heavy (non-hydrogen) atoms. The zero-order chi connectivity index (χ0) is 16.1. The standard InChI is InChI=1S/C18H20O4/c1-12-7-13(2)9-14(8-12)11-22-17-10-15(20-3)5-6-16(17)18(19)21-4/h5-10H,11H2,1-4H3. The quantitative estimate of drug-likeness (QED) is 0.790. The molecule has 4 nitrogen and oxygen atoms in total. The first-order valence-corrected chi connectivity index (χ1v) is 7.00. The van der Waals surface area contributed by atoms with Crippen LogP contribution in [0.1, 0.15) is 27.0 Å². The lowest BCUT2D eigenvalue weighted by Gasteiger charge is -2.12. The molecular weight excluding hydrogens is 280 g/mol. The maximum Gasteiger partial charge on any atom is 0.341 e. The van der Waals surface area contributed by atoms with E-state index in [2.05, 4.69) is 18.2 Å². The molecule has 0 atom stereocenters. The second-order valence-corrected chi connectivity index (χ2v) is 5.14. The molecule has 2 aromatic carbocycles. The van der Waals surface area contributed by atoms with Gasteiger partial charge in [0.2, 0.25) is 0 Å². The average molecular weight is 300 g/mol. The van der Waals surface area contributed by atoms with E-state index in [1.165, 1.54) is 18.2 Å². The molecule has 2 rings (SSSR count). The van der Waals surface area contributed by atoms with Crippen molar-refractivity contribution in [3.8, 4) is 11.5 Å². The Morgan fingerprint density at radius 3 is 2.27 bits per heavy atom. The second-order valence-electron chi connectivity index (χ2n) is 5.14. The van der Waals surface area contributed by atoms with Gasteiger partial charge in [-0.3, -0.25) is 0 Å². The number of ether oxygens (including phenoxy) is 3. The minimum Gasteiger partial charge on any atom is -0.497 e. The topological polar surface area (TPSA) is 44.8 Å². The molecule has 0 saturated heterocycles. The normalized spacial score (nSPS) is 10.2. The largest absolute Gasteiger partial charge is 0.497 e. The van der Waals surface area contributed by atoms with E-state index in [0.29, 0.717) is 23.7 Å². The van der Waals surface area contributed by atoms with Gasteiger partial charge in [0, 0.05) is 6.07 Å². The maximum absolute atomic E-state index is 11.8. The van der Waals surface area contributed by atoms with Crippen LogP contribution in [0.25, 0.3) is 0 Å². The molecule has 0 aliphatic rings. The van der Waals surface area contributed by atoms with E-state index in [0.717, 1.165) is 5.56 Å². The maximum atomic E-state index is 11.8. The minimum absolute atomic E-state index is 0.375. The molecule has 0 heterocycles. The van der Waals surface area contributed by atoms with Crippen LogP contribution in [0.4, 0.5) is 0 Å². The van der Waals surface area contributed by atoms with Crippen LogP contribution >= 0.6 is 0 Å². The fraction of sp³-hybridized carbons (Fsp3) is 0.278. The molecule has 0 fully saturated rings. The van der Waals surface area contributed by atoms with Gasteiger partial charge in [0.25, 0.3) is 0 Å². The zero-order valence-electron chi connectivity index (χ0n) is 13.3. The highest BCUT2D eigenvalue weighted by molar-refractivity contribution is 5.92. The minimum atomic E-state index is -0.432. The Balaban J connectivity index is 2.25. The van der Waals surface area contributed by atoms with Crippen LogP contribution in [0.5, 0.6) is 11.5 Å². The fourth-order valence-corrected chi connectivity index (χ4v) is 2.34. The molecule has 0 aromatic heterocycles. The molecule has 0 N–H and O–H groups in total. The lowest BCUT2D eigenvalue weighted by molar-refractivity contribution is 0.0595. The molecular formula is C18H20O4. The van der Waals surface area contributed by atoms with Crippen molar-refractivity contribution in [2.24, 2.45) is 0 Å². The Labute approximate surface area is 130 Å². The molecule has 0 radical (unpaired) electrons. The summed E-state index contributed by atoms with van der Waals surface area (Å²) in [5, 5.41) is 0. The Hall–Kier alpha value is -2.49. The molecule has 4 heteroatoms. The number of hydrogen-bond acceptors (Lipinski definition) is 4. The summed E-state index contributed by atoms with van der Waals surface area (Å²) in [5.74, 6) is 0.645. The van der Waals surface area contributed by atoms with E-state index in [4.69, 9.17) is 14.2 Å². The highest BCUT2D eigenvalue weighted by atomic mass is 16.5. The summed E-state index contributed by atoms with van der Waals surface area (Å²) in [6.07, 6.45) is 0. The van der Waals surface area contributed by atoms with Crippen LogP contribution in [0.2, 0.25) is 0 Å². The Morgan fingerprint density at radius 1 is 1.00 bits per heavy atom. The van der Waals surface area contributed by atoms with Gasteiger partial charge in [0.1, 0.15) is 23.7 Å². The Kier molecular flexibility index (Phi) is 5.04. The first-order valence-electron chi connectivity index (χ1n) is 7.00. The van der Waals surface area contributed by atoms with Crippen molar-refractivity contribution < 1.29 is 19.0 Å². The smallest absolute Gasteiger partial charge is 0.341 e. The summed E-state index contributed by atoms with van der Waals surface area (Å²) in [6, 6.07) is 11.3. The summed E-state index contributed by atoms with van der Waals surface area (Å²) < 4.78 is 15.8. The fourth-order valence-electron chi connectivity index (χ4n) is 2.34. The number of carbonyl (C=O) groups is 1. The molecule has 0 unspecified atom stereocenters. The van der Waals surface area contributed by atoms with Crippen molar-refractivity contribution in [2.75, 3.05) is 14.2 Å². The number of benzene rings is 2. The number of hydrogen-bond donors (Lipinski definition) is 0. The first-order chi connectivity index (χ1) is 10.5. The van der Waals surface area contributed by atoms with Gasteiger partial charge in [-0.05, 0) is 31.5 Å². The van der Waals surface area contributed by atoms with Gasteiger partial charge in [0.05, 0.1) is 14.2 Å². The van der Waals surface area contributed by atoms with Crippen LogP contribution in [-0.4, -0.2) is 20.2 Å². The van der Waals surface area contributed by atoms with Gasteiger partial charge in [0.15, 0.2) is 0 Å². The monoisotopic (exact) mass is 300 g/mol. The van der Waals surface area contributed by atoms with Gasteiger partial charge >= 0.3 is 5.97 Å². The number of carbonyl (C=O) groups excluding carboxylic acids is 1. The Bertz CT molecular complexity index is 657. The molecule has 0 bridgehead atoms. The second kappa shape index (κ2) is 6.98. The third kappa shape index (κ3) is 3.79. The summed E-state index contributed by atoms with van der Waals surface area (Å²) in [5.41, 5.74) is 3.79. The van der Waals surface area contributed by atoms with Crippen molar-refractivity contribution in [3.05, 3.63) is 58.7 Å². The number of rotatable bonds is 5. The summed E-state index contributed by atoms with van der Waals surface area (Å²) in [6.45, 7) is 4.46. The predicted octanol–water partition coefficient (Wildman–Crippen LogP) is 3.68. The lowest BCUT2D eigenvalue weighted by Crippen LogP contribution is -2.06. The zero-order valence-corrected chi connectivity index (χ0v) is 13.3. The molecule has 2 aromatic rings. The summed E-state index contributed by atoms with van der Waals surface area (Å²) in [7, 11) is 2.92. The molecule has 0 amide bonds. The van der Waals surface area contributed by atoms with Gasteiger partial charge < -0.3 is 14.2 Å². The summed E-state index contributed by atoms with van der Waals surface area (Å²) >= 11 is 0. The van der Waals surface area contributed by atoms with Crippen LogP contribution < -0.4 is 9.47 Å². The Morgan fingerprint density at radius 2 is 1.68 bits per heavy atom. The van der Waals surface area contributed by atoms with Crippen LogP contribution in [0.15, 0.2) is 36.4 Å². The molecule has 116 valence electrons. The highest BCUT2D eigenvalue weighted by Crippen LogP contribution is 2.26. The van der Waals surface area contributed by atoms with Crippen LogP contribution in [0.3, 0.4) is 0 Å². The lowest BCUT2D eigenvalue weighted by atomic mass is 10.1. The first kappa shape index (κ1) is 15.9. The highest BCUT2D eigenvalue weighted by Gasteiger charge is 2.14. The van der Waals surface area contributed by atoms with E-state index in [1.54, 1.807) is 25.3 Å².